The zero-order valence-electron chi connectivity index (χ0n) is 18.4. The minimum absolute atomic E-state index is 0.0425. The topological polar surface area (TPSA) is 88.4 Å². The average Bonchev–Trinajstić information content (AvgIpc) is 3.08. The van der Waals surface area contributed by atoms with E-state index in [1.54, 1.807) is 31.2 Å². The minimum atomic E-state index is -0.931. The van der Waals surface area contributed by atoms with Crippen molar-refractivity contribution in [2.45, 2.75) is 20.3 Å². The highest BCUT2D eigenvalue weighted by atomic mass is 16.5. The molecular formula is C26H24N2O5. The Bertz CT molecular complexity index is 1280. The summed E-state index contributed by atoms with van der Waals surface area (Å²) in [4.78, 5) is 23.9. The first-order valence-corrected chi connectivity index (χ1v) is 10.7. The average molecular weight is 444 g/mol. The Kier molecular flexibility index (Phi) is 6.40. The van der Waals surface area contributed by atoms with Crippen LogP contribution in [0.25, 0.3) is 16.8 Å². The lowest BCUT2D eigenvalue weighted by Gasteiger charge is -2.13. The van der Waals surface area contributed by atoms with Gasteiger partial charge in [-0.15, -0.1) is 0 Å². The summed E-state index contributed by atoms with van der Waals surface area (Å²) < 4.78 is 11.2. The SMILES string of the molecule is CCOc1cc(/C=C2\C(=O)N(c3ccc4ccccc4c3)N=C2C)ccc1OCCC(=O)O. The molecule has 3 aromatic rings. The van der Waals surface area contributed by atoms with Crippen molar-refractivity contribution in [3.8, 4) is 11.5 Å². The van der Waals surface area contributed by atoms with Gasteiger partial charge in [0.05, 0.1) is 36.6 Å². The van der Waals surface area contributed by atoms with Crippen LogP contribution in [0.1, 0.15) is 25.8 Å². The van der Waals surface area contributed by atoms with E-state index in [0.29, 0.717) is 35.1 Å². The lowest BCUT2D eigenvalue weighted by Crippen LogP contribution is -2.21. The van der Waals surface area contributed by atoms with Gasteiger partial charge in [-0.05, 0) is 60.5 Å². The van der Waals surface area contributed by atoms with Crippen LogP contribution in [-0.4, -0.2) is 35.9 Å². The van der Waals surface area contributed by atoms with Gasteiger partial charge >= 0.3 is 5.97 Å². The molecule has 1 aliphatic rings. The summed E-state index contributed by atoms with van der Waals surface area (Å²) in [7, 11) is 0. The molecule has 1 aliphatic heterocycles. The van der Waals surface area contributed by atoms with E-state index in [1.807, 2.05) is 49.4 Å². The Hall–Kier alpha value is -4.13. The Morgan fingerprint density at radius 3 is 2.58 bits per heavy atom. The number of rotatable bonds is 8. The number of aliphatic carboxylic acids is 1. The number of hydrogen-bond acceptors (Lipinski definition) is 5. The summed E-state index contributed by atoms with van der Waals surface area (Å²) in [6.45, 7) is 4.12. The first kappa shape index (κ1) is 22.1. The smallest absolute Gasteiger partial charge is 0.306 e. The molecule has 0 spiro atoms. The van der Waals surface area contributed by atoms with Crippen LogP contribution in [0.2, 0.25) is 0 Å². The largest absolute Gasteiger partial charge is 0.490 e. The number of fused-ring (bicyclic) bond motifs is 1. The predicted octanol–water partition coefficient (Wildman–Crippen LogP) is 4.90. The maximum Gasteiger partial charge on any atom is 0.306 e. The van der Waals surface area contributed by atoms with Crippen molar-refractivity contribution in [3.63, 3.8) is 0 Å². The number of anilines is 1. The van der Waals surface area contributed by atoms with Crippen molar-refractivity contribution in [2.75, 3.05) is 18.2 Å². The number of ether oxygens (including phenoxy) is 2. The van der Waals surface area contributed by atoms with Gasteiger partial charge in [0.25, 0.3) is 5.91 Å². The standard InChI is InChI=1S/C26H24N2O5/c1-3-32-24-15-18(8-11-23(24)33-13-12-25(29)30)14-22-17(2)27-28(26(22)31)21-10-9-19-6-4-5-7-20(19)16-21/h4-11,14-16H,3,12-13H2,1-2H3,(H,29,30)/b22-14-. The highest BCUT2D eigenvalue weighted by molar-refractivity contribution is 6.32. The zero-order valence-corrected chi connectivity index (χ0v) is 18.4. The second-order valence-electron chi connectivity index (χ2n) is 7.52. The molecule has 0 fully saturated rings. The monoisotopic (exact) mass is 444 g/mol. The molecule has 1 heterocycles. The van der Waals surface area contributed by atoms with Gasteiger partial charge in [0.1, 0.15) is 0 Å². The normalized spacial score (nSPS) is 14.6. The van der Waals surface area contributed by atoms with Crippen LogP contribution in [0.3, 0.4) is 0 Å². The van der Waals surface area contributed by atoms with Gasteiger partial charge in [-0.3, -0.25) is 9.59 Å². The number of benzene rings is 3. The van der Waals surface area contributed by atoms with E-state index < -0.39 is 5.97 Å². The maximum atomic E-state index is 13.2. The summed E-state index contributed by atoms with van der Waals surface area (Å²) in [5.41, 5.74) is 2.57. The number of carbonyl (C=O) groups excluding carboxylic acids is 1. The zero-order chi connectivity index (χ0) is 23.4. The minimum Gasteiger partial charge on any atom is -0.490 e. The molecule has 4 rings (SSSR count). The number of hydrazone groups is 1. The van der Waals surface area contributed by atoms with E-state index in [-0.39, 0.29) is 18.9 Å². The van der Waals surface area contributed by atoms with Gasteiger partial charge in [0, 0.05) is 0 Å². The van der Waals surface area contributed by atoms with Crippen molar-refractivity contribution in [3.05, 3.63) is 71.8 Å². The summed E-state index contributed by atoms with van der Waals surface area (Å²) >= 11 is 0. The molecule has 168 valence electrons. The van der Waals surface area contributed by atoms with E-state index in [0.717, 1.165) is 16.3 Å². The molecule has 0 atom stereocenters. The molecule has 0 aromatic heterocycles. The summed E-state index contributed by atoms with van der Waals surface area (Å²) in [6.07, 6.45) is 1.66. The lowest BCUT2D eigenvalue weighted by atomic mass is 10.1. The van der Waals surface area contributed by atoms with E-state index in [1.165, 1.54) is 5.01 Å². The molecule has 3 aromatic carbocycles. The second-order valence-corrected chi connectivity index (χ2v) is 7.52. The van der Waals surface area contributed by atoms with Crippen LogP contribution < -0.4 is 14.5 Å². The molecule has 0 saturated carbocycles. The maximum absolute atomic E-state index is 13.2. The van der Waals surface area contributed by atoms with Crippen LogP contribution in [-0.2, 0) is 9.59 Å². The number of amides is 1. The number of carboxylic acid groups (broad SMARTS) is 1. The molecule has 33 heavy (non-hydrogen) atoms. The molecular weight excluding hydrogens is 420 g/mol. The van der Waals surface area contributed by atoms with Gasteiger partial charge in [-0.1, -0.05) is 36.4 Å². The van der Waals surface area contributed by atoms with Crippen LogP contribution >= 0.6 is 0 Å². The van der Waals surface area contributed by atoms with Crippen LogP contribution in [0.4, 0.5) is 5.69 Å². The predicted molar refractivity (Wildman–Crippen MR) is 128 cm³/mol. The van der Waals surface area contributed by atoms with E-state index in [9.17, 15) is 9.59 Å². The Morgan fingerprint density at radius 2 is 1.82 bits per heavy atom. The van der Waals surface area contributed by atoms with Crippen molar-refractivity contribution in [1.29, 1.82) is 0 Å². The highest BCUT2D eigenvalue weighted by Crippen LogP contribution is 2.32. The van der Waals surface area contributed by atoms with Crippen molar-refractivity contribution in [2.24, 2.45) is 5.10 Å². The Balaban J connectivity index is 1.59. The molecule has 0 bridgehead atoms. The Labute approximate surface area is 191 Å². The molecule has 0 radical (unpaired) electrons. The first-order chi connectivity index (χ1) is 16.0. The quantitative estimate of drug-likeness (QED) is 0.500. The van der Waals surface area contributed by atoms with E-state index >= 15 is 0 Å². The first-order valence-electron chi connectivity index (χ1n) is 10.7. The number of carbonyl (C=O) groups is 2. The molecule has 7 heteroatoms. The fourth-order valence-corrected chi connectivity index (χ4v) is 3.58. The van der Waals surface area contributed by atoms with Gasteiger partial charge in [0.15, 0.2) is 11.5 Å². The van der Waals surface area contributed by atoms with E-state index in [4.69, 9.17) is 14.6 Å². The van der Waals surface area contributed by atoms with Crippen molar-refractivity contribution >= 4 is 40.1 Å². The highest BCUT2D eigenvalue weighted by Gasteiger charge is 2.29. The summed E-state index contributed by atoms with van der Waals surface area (Å²) in [5, 5.41) is 16.8. The van der Waals surface area contributed by atoms with Crippen LogP contribution in [0.15, 0.2) is 71.3 Å². The number of carboxylic acids is 1. The van der Waals surface area contributed by atoms with Crippen LogP contribution in [0.5, 0.6) is 11.5 Å². The van der Waals surface area contributed by atoms with Crippen LogP contribution in [0, 0.1) is 0 Å². The van der Waals surface area contributed by atoms with Crippen molar-refractivity contribution < 1.29 is 24.2 Å². The third-order valence-electron chi connectivity index (χ3n) is 5.19. The van der Waals surface area contributed by atoms with Gasteiger partial charge in [-0.25, -0.2) is 0 Å². The molecule has 7 nitrogen and oxygen atoms in total. The molecule has 1 N–H and O–H groups in total. The van der Waals surface area contributed by atoms with Gasteiger partial charge in [0.2, 0.25) is 0 Å². The Morgan fingerprint density at radius 1 is 1.03 bits per heavy atom. The summed E-state index contributed by atoms with van der Waals surface area (Å²) in [6, 6.07) is 19.1. The van der Waals surface area contributed by atoms with Gasteiger partial charge < -0.3 is 14.6 Å². The van der Waals surface area contributed by atoms with Gasteiger partial charge in [-0.2, -0.15) is 10.1 Å². The molecule has 0 unspecified atom stereocenters. The van der Waals surface area contributed by atoms with E-state index in [2.05, 4.69) is 5.10 Å². The molecule has 0 aliphatic carbocycles. The number of nitrogens with zero attached hydrogens (tertiary/aromatic N) is 2. The molecule has 0 saturated heterocycles. The number of hydrogen-bond donors (Lipinski definition) is 1. The fourth-order valence-electron chi connectivity index (χ4n) is 3.58. The summed E-state index contributed by atoms with van der Waals surface area (Å²) in [5.74, 6) is -0.188. The second kappa shape index (κ2) is 9.56. The lowest BCUT2D eigenvalue weighted by molar-refractivity contribution is -0.137. The third-order valence-corrected chi connectivity index (χ3v) is 5.19. The fraction of sp³-hybridized carbons (Fsp3) is 0.192. The molecule has 1 amide bonds. The third kappa shape index (κ3) is 4.87. The van der Waals surface area contributed by atoms with Crippen molar-refractivity contribution in [1.82, 2.24) is 0 Å².